The maximum absolute atomic E-state index is 5.58. The van der Waals surface area contributed by atoms with Gasteiger partial charge in [0.1, 0.15) is 5.82 Å². The standard InChI is InChI=1S/C13H15N3S/c14-7-10-1-2-13(15-8-10)16-5-3-12-11(9-16)4-6-17-12/h1-2,4,6,8H,3,5,7,9,14H2. The molecule has 0 amide bonds. The van der Waals surface area contributed by atoms with Gasteiger partial charge >= 0.3 is 0 Å². The molecule has 0 radical (unpaired) electrons. The molecular weight excluding hydrogens is 230 g/mol. The Morgan fingerprint density at radius 2 is 2.29 bits per heavy atom. The van der Waals surface area contributed by atoms with Gasteiger partial charge in [-0.3, -0.25) is 0 Å². The maximum Gasteiger partial charge on any atom is 0.128 e. The zero-order valence-corrected chi connectivity index (χ0v) is 10.4. The van der Waals surface area contributed by atoms with Gasteiger partial charge in [-0.1, -0.05) is 6.07 Å². The average molecular weight is 245 g/mol. The van der Waals surface area contributed by atoms with Crippen molar-refractivity contribution in [2.24, 2.45) is 5.73 Å². The summed E-state index contributed by atoms with van der Waals surface area (Å²) in [6.45, 7) is 2.60. The van der Waals surface area contributed by atoms with E-state index >= 15 is 0 Å². The highest BCUT2D eigenvalue weighted by atomic mass is 32.1. The number of thiophene rings is 1. The van der Waals surface area contributed by atoms with Crippen molar-refractivity contribution in [3.63, 3.8) is 0 Å². The molecule has 17 heavy (non-hydrogen) atoms. The van der Waals surface area contributed by atoms with Crippen molar-refractivity contribution in [1.82, 2.24) is 4.98 Å². The summed E-state index contributed by atoms with van der Waals surface area (Å²) >= 11 is 1.87. The fourth-order valence-electron chi connectivity index (χ4n) is 2.17. The van der Waals surface area contributed by atoms with Gasteiger partial charge in [-0.05, 0) is 35.1 Å². The Kier molecular flexibility index (Phi) is 2.82. The molecule has 1 aliphatic rings. The molecule has 3 rings (SSSR count). The van der Waals surface area contributed by atoms with E-state index in [-0.39, 0.29) is 0 Å². The van der Waals surface area contributed by atoms with Gasteiger partial charge < -0.3 is 10.6 Å². The molecule has 0 aliphatic carbocycles. The monoisotopic (exact) mass is 245 g/mol. The third-order valence-corrected chi connectivity index (χ3v) is 4.20. The molecule has 0 atom stereocenters. The Hall–Kier alpha value is -1.39. The second-order valence-corrected chi connectivity index (χ2v) is 5.27. The summed E-state index contributed by atoms with van der Waals surface area (Å²) in [6.07, 6.45) is 3.01. The molecule has 0 saturated heterocycles. The van der Waals surface area contributed by atoms with Crippen LogP contribution in [-0.4, -0.2) is 11.5 Å². The van der Waals surface area contributed by atoms with Crippen molar-refractivity contribution in [3.05, 3.63) is 45.8 Å². The van der Waals surface area contributed by atoms with Crippen LogP contribution in [0.4, 0.5) is 5.82 Å². The van der Waals surface area contributed by atoms with E-state index in [2.05, 4.69) is 33.5 Å². The quantitative estimate of drug-likeness (QED) is 0.881. The summed E-state index contributed by atoms with van der Waals surface area (Å²) < 4.78 is 0. The Morgan fingerprint density at radius 1 is 1.35 bits per heavy atom. The molecular formula is C13H15N3S. The highest BCUT2D eigenvalue weighted by Gasteiger charge is 2.17. The molecule has 4 heteroatoms. The van der Waals surface area contributed by atoms with Gasteiger partial charge in [0.2, 0.25) is 0 Å². The number of aromatic nitrogens is 1. The first-order chi connectivity index (χ1) is 8.36. The Labute approximate surface area is 105 Å². The van der Waals surface area contributed by atoms with Crippen LogP contribution in [-0.2, 0) is 19.5 Å². The Balaban J connectivity index is 1.81. The van der Waals surface area contributed by atoms with E-state index in [1.54, 1.807) is 0 Å². The van der Waals surface area contributed by atoms with Gasteiger partial charge in [-0.2, -0.15) is 0 Å². The first kappa shape index (κ1) is 10.7. The largest absolute Gasteiger partial charge is 0.352 e. The van der Waals surface area contributed by atoms with E-state index in [0.29, 0.717) is 6.54 Å². The predicted octanol–water partition coefficient (Wildman–Crippen LogP) is 2.16. The lowest BCUT2D eigenvalue weighted by Gasteiger charge is -2.28. The summed E-state index contributed by atoms with van der Waals surface area (Å²) in [4.78, 5) is 8.34. The van der Waals surface area contributed by atoms with Gasteiger partial charge in [-0.15, -0.1) is 11.3 Å². The van der Waals surface area contributed by atoms with E-state index in [0.717, 1.165) is 30.9 Å². The highest BCUT2D eigenvalue weighted by Crippen LogP contribution is 2.26. The molecule has 3 heterocycles. The van der Waals surface area contributed by atoms with E-state index in [1.165, 1.54) is 10.4 Å². The van der Waals surface area contributed by atoms with Crippen LogP contribution in [0.2, 0.25) is 0 Å². The topological polar surface area (TPSA) is 42.1 Å². The number of hydrogen-bond acceptors (Lipinski definition) is 4. The fraction of sp³-hybridized carbons (Fsp3) is 0.308. The van der Waals surface area contributed by atoms with Gasteiger partial charge in [-0.25, -0.2) is 4.98 Å². The number of nitrogens with zero attached hydrogens (tertiary/aromatic N) is 2. The second kappa shape index (κ2) is 4.47. The summed E-state index contributed by atoms with van der Waals surface area (Å²) in [7, 11) is 0. The number of rotatable bonds is 2. The van der Waals surface area contributed by atoms with E-state index in [1.807, 2.05) is 17.5 Å². The molecule has 0 unspecified atom stereocenters. The van der Waals surface area contributed by atoms with Gasteiger partial charge in [0.25, 0.3) is 0 Å². The van der Waals surface area contributed by atoms with Crippen LogP contribution in [0.15, 0.2) is 29.8 Å². The third-order valence-electron chi connectivity index (χ3n) is 3.18. The molecule has 2 aromatic heterocycles. The van der Waals surface area contributed by atoms with Crippen LogP contribution < -0.4 is 10.6 Å². The summed E-state index contributed by atoms with van der Waals surface area (Å²) in [5.74, 6) is 1.05. The van der Waals surface area contributed by atoms with Crippen molar-refractivity contribution in [1.29, 1.82) is 0 Å². The Morgan fingerprint density at radius 3 is 3.06 bits per heavy atom. The highest BCUT2D eigenvalue weighted by molar-refractivity contribution is 7.10. The van der Waals surface area contributed by atoms with Crippen molar-refractivity contribution >= 4 is 17.2 Å². The van der Waals surface area contributed by atoms with Gasteiger partial charge in [0.15, 0.2) is 0 Å². The van der Waals surface area contributed by atoms with Crippen molar-refractivity contribution in [2.75, 3.05) is 11.4 Å². The number of anilines is 1. The first-order valence-corrected chi connectivity index (χ1v) is 6.70. The molecule has 0 spiro atoms. The van der Waals surface area contributed by atoms with Crippen LogP contribution in [0.1, 0.15) is 16.0 Å². The first-order valence-electron chi connectivity index (χ1n) is 5.82. The van der Waals surface area contributed by atoms with Crippen LogP contribution in [0, 0.1) is 0 Å². The number of fused-ring (bicyclic) bond motifs is 1. The second-order valence-electron chi connectivity index (χ2n) is 4.27. The maximum atomic E-state index is 5.58. The molecule has 0 fully saturated rings. The van der Waals surface area contributed by atoms with E-state index in [4.69, 9.17) is 5.73 Å². The van der Waals surface area contributed by atoms with Crippen molar-refractivity contribution < 1.29 is 0 Å². The molecule has 1 aliphatic heterocycles. The van der Waals surface area contributed by atoms with Gasteiger partial charge in [0, 0.05) is 30.7 Å². The number of hydrogen-bond donors (Lipinski definition) is 1. The minimum Gasteiger partial charge on any atom is -0.352 e. The third kappa shape index (κ3) is 2.06. The van der Waals surface area contributed by atoms with Crippen molar-refractivity contribution in [3.8, 4) is 0 Å². The zero-order chi connectivity index (χ0) is 11.7. The molecule has 2 aromatic rings. The minimum absolute atomic E-state index is 0.557. The molecule has 3 nitrogen and oxygen atoms in total. The molecule has 0 saturated carbocycles. The van der Waals surface area contributed by atoms with Crippen molar-refractivity contribution in [2.45, 2.75) is 19.5 Å². The molecule has 0 aromatic carbocycles. The minimum atomic E-state index is 0.557. The van der Waals surface area contributed by atoms with Crippen LogP contribution in [0.3, 0.4) is 0 Å². The lowest BCUT2D eigenvalue weighted by molar-refractivity contribution is 0.731. The average Bonchev–Trinajstić information content (AvgIpc) is 2.86. The molecule has 2 N–H and O–H groups in total. The summed E-state index contributed by atoms with van der Waals surface area (Å²) in [6, 6.07) is 6.35. The Bertz CT molecular complexity index is 504. The fourth-order valence-corrected chi connectivity index (χ4v) is 3.06. The van der Waals surface area contributed by atoms with Crippen LogP contribution >= 0.6 is 11.3 Å². The SMILES string of the molecule is NCc1ccc(N2CCc3sccc3C2)nc1. The predicted molar refractivity (Wildman–Crippen MR) is 71.2 cm³/mol. The zero-order valence-electron chi connectivity index (χ0n) is 9.60. The number of pyridine rings is 1. The van der Waals surface area contributed by atoms with E-state index in [9.17, 15) is 0 Å². The lowest BCUT2D eigenvalue weighted by Crippen LogP contribution is -2.30. The summed E-state index contributed by atoms with van der Waals surface area (Å²) in [5, 5.41) is 2.18. The van der Waals surface area contributed by atoms with Crippen LogP contribution in [0.25, 0.3) is 0 Å². The molecule has 88 valence electrons. The summed E-state index contributed by atoms with van der Waals surface area (Å²) in [5.41, 5.74) is 8.11. The number of nitrogens with two attached hydrogens (primary N) is 1. The lowest BCUT2D eigenvalue weighted by atomic mass is 10.1. The normalized spacial score (nSPS) is 14.8. The smallest absolute Gasteiger partial charge is 0.128 e. The van der Waals surface area contributed by atoms with Crippen LogP contribution in [0.5, 0.6) is 0 Å². The van der Waals surface area contributed by atoms with E-state index < -0.39 is 0 Å². The molecule has 0 bridgehead atoms. The van der Waals surface area contributed by atoms with Gasteiger partial charge in [0.05, 0.1) is 0 Å².